The minimum Gasteiger partial charge on any atom is -0.349 e. The van der Waals surface area contributed by atoms with E-state index in [4.69, 9.17) is 5.73 Å². The molecule has 1 unspecified atom stereocenters. The van der Waals surface area contributed by atoms with Crippen molar-refractivity contribution in [2.24, 2.45) is 11.7 Å². The maximum atomic E-state index is 13.7. The highest BCUT2D eigenvalue weighted by Crippen LogP contribution is 2.33. The summed E-state index contributed by atoms with van der Waals surface area (Å²) < 4.78 is 13.7. The molecule has 21 heavy (non-hydrogen) atoms. The van der Waals surface area contributed by atoms with Crippen molar-refractivity contribution in [2.75, 3.05) is 0 Å². The molecule has 0 aliphatic heterocycles. The maximum absolute atomic E-state index is 13.7. The van der Waals surface area contributed by atoms with Crippen LogP contribution >= 0.6 is 12.4 Å². The van der Waals surface area contributed by atoms with Crippen LogP contribution < -0.4 is 11.1 Å². The first kappa shape index (κ1) is 16.2. The standard InChI is InChI=1S/C16H21FN2O.ClH/c17-13-5-2-4-12-11(13)7-8-15(12)19-16(20)9-10-3-1-6-14(10)18;/h2,4-5,10,14-15H,1,3,6-9,18H2,(H,19,20);1H/t10-,14+,15?;/m0./s1. The molecule has 5 heteroatoms. The molecule has 0 bridgehead atoms. The zero-order valence-corrected chi connectivity index (χ0v) is 12.8. The number of nitrogens with one attached hydrogen (secondary N) is 1. The largest absolute Gasteiger partial charge is 0.349 e. The van der Waals surface area contributed by atoms with Crippen LogP contribution in [0.1, 0.15) is 49.3 Å². The van der Waals surface area contributed by atoms with E-state index in [1.807, 2.05) is 6.07 Å². The smallest absolute Gasteiger partial charge is 0.220 e. The van der Waals surface area contributed by atoms with Crippen molar-refractivity contribution in [2.45, 2.75) is 50.6 Å². The maximum Gasteiger partial charge on any atom is 0.220 e. The molecule has 0 radical (unpaired) electrons. The average Bonchev–Trinajstić information content (AvgIpc) is 2.99. The second-order valence-corrected chi connectivity index (χ2v) is 6.03. The van der Waals surface area contributed by atoms with Crippen molar-refractivity contribution in [1.29, 1.82) is 0 Å². The molecule has 3 nitrogen and oxygen atoms in total. The van der Waals surface area contributed by atoms with E-state index < -0.39 is 0 Å². The lowest BCUT2D eigenvalue weighted by molar-refractivity contribution is -0.122. The first-order valence-corrected chi connectivity index (χ1v) is 7.47. The summed E-state index contributed by atoms with van der Waals surface area (Å²) in [5, 5.41) is 3.05. The molecule has 1 fully saturated rings. The molecule has 0 saturated heterocycles. The van der Waals surface area contributed by atoms with Crippen molar-refractivity contribution in [1.82, 2.24) is 5.32 Å². The first-order chi connectivity index (χ1) is 9.65. The molecule has 0 aromatic heterocycles. The lowest BCUT2D eigenvalue weighted by atomic mass is 9.99. The van der Waals surface area contributed by atoms with Crippen LogP contribution in [0.25, 0.3) is 0 Å². The highest BCUT2D eigenvalue weighted by molar-refractivity contribution is 5.85. The molecule has 0 heterocycles. The Hall–Kier alpha value is -1.13. The molecule has 1 aromatic rings. The minimum absolute atomic E-state index is 0. The van der Waals surface area contributed by atoms with E-state index in [0.717, 1.165) is 36.8 Å². The summed E-state index contributed by atoms with van der Waals surface area (Å²) in [5.74, 6) is 0.204. The van der Waals surface area contributed by atoms with Gasteiger partial charge in [-0.2, -0.15) is 0 Å². The normalized spacial score (nSPS) is 27.0. The van der Waals surface area contributed by atoms with Crippen LogP contribution in [0.5, 0.6) is 0 Å². The third-order valence-electron chi connectivity index (χ3n) is 4.71. The van der Waals surface area contributed by atoms with Crippen LogP contribution in [0.2, 0.25) is 0 Å². The molecule has 116 valence electrons. The Bertz CT molecular complexity index is 523. The van der Waals surface area contributed by atoms with E-state index >= 15 is 0 Å². The van der Waals surface area contributed by atoms with Gasteiger partial charge in [0.25, 0.3) is 0 Å². The first-order valence-electron chi connectivity index (χ1n) is 7.47. The van der Waals surface area contributed by atoms with Gasteiger partial charge in [0.05, 0.1) is 6.04 Å². The monoisotopic (exact) mass is 312 g/mol. The van der Waals surface area contributed by atoms with Crippen molar-refractivity contribution in [3.8, 4) is 0 Å². The topological polar surface area (TPSA) is 55.1 Å². The van der Waals surface area contributed by atoms with E-state index in [1.54, 1.807) is 6.07 Å². The second kappa shape index (κ2) is 6.75. The fourth-order valence-corrected chi connectivity index (χ4v) is 3.57. The third kappa shape index (κ3) is 3.38. The van der Waals surface area contributed by atoms with Crippen molar-refractivity contribution >= 4 is 18.3 Å². The molecular formula is C16H22ClFN2O. The highest BCUT2D eigenvalue weighted by Gasteiger charge is 2.29. The van der Waals surface area contributed by atoms with Crippen LogP contribution in [-0.2, 0) is 11.2 Å². The molecular weight excluding hydrogens is 291 g/mol. The highest BCUT2D eigenvalue weighted by atomic mass is 35.5. The fraction of sp³-hybridized carbons (Fsp3) is 0.562. The van der Waals surface area contributed by atoms with Gasteiger partial charge in [-0.25, -0.2) is 4.39 Å². The van der Waals surface area contributed by atoms with Gasteiger partial charge < -0.3 is 11.1 Å². The summed E-state index contributed by atoms with van der Waals surface area (Å²) in [4.78, 5) is 12.1. The Morgan fingerprint density at radius 3 is 2.86 bits per heavy atom. The zero-order chi connectivity index (χ0) is 14.1. The van der Waals surface area contributed by atoms with Crippen LogP contribution in [-0.4, -0.2) is 11.9 Å². The lowest BCUT2D eigenvalue weighted by Crippen LogP contribution is -2.33. The Morgan fingerprint density at radius 1 is 1.33 bits per heavy atom. The fourth-order valence-electron chi connectivity index (χ4n) is 3.57. The van der Waals surface area contributed by atoms with Gasteiger partial charge in [0.1, 0.15) is 5.82 Å². The number of carbonyl (C=O) groups is 1. The molecule has 2 aliphatic carbocycles. The van der Waals surface area contributed by atoms with Gasteiger partial charge in [-0.05, 0) is 48.8 Å². The number of fused-ring (bicyclic) bond motifs is 1. The number of benzene rings is 1. The molecule has 0 spiro atoms. The Balaban J connectivity index is 0.00000161. The van der Waals surface area contributed by atoms with Gasteiger partial charge in [-0.1, -0.05) is 18.6 Å². The summed E-state index contributed by atoms with van der Waals surface area (Å²) >= 11 is 0. The number of amides is 1. The van der Waals surface area contributed by atoms with Crippen molar-refractivity contribution < 1.29 is 9.18 Å². The van der Waals surface area contributed by atoms with Crippen LogP contribution in [0.15, 0.2) is 18.2 Å². The molecule has 3 N–H and O–H groups in total. The summed E-state index contributed by atoms with van der Waals surface area (Å²) in [6.45, 7) is 0. The van der Waals surface area contributed by atoms with E-state index in [-0.39, 0.29) is 36.2 Å². The lowest BCUT2D eigenvalue weighted by Gasteiger charge is -2.18. The second-order valence-electron chi connectivity index (χ2n) is 6.03. The average molecular weight is 313 g/mol. The SMILES string of the molecule is Cl.N[C@@H]1CCC[C@H]1CC(=O)NC1CCc2c(F)cccc21. The molecule has 1 aromatic carbocycles. The molecule has 1 amide bonds. The van der Waals surface area contributed by atoms with E-state index in [0.29, 0.717) is 18.8 Å². The molecule has 2 aliphatic rings. The van der Waals surface area contributed by atoms with Crippen LogP contribution in [0, 0.1) is 11.7 Å². The number of halogens is 2. The summed E-state index contributed by atoms with van der Waals surface area (Å²) in [6, 6.07) is 5.24. The van der Waals surface area contributed by atoms with Crippen LogP contribution in [0.4, 0.5) is 4.39 Å². The Labute approximate surface area is 130 Å². The zero-order valence-electron chi connectivity index (χ0n) is 12.0. The Morgan fingerprint density at radius 2 is 2.14 bits per heavy atom. The van der Waals surface area contributed by atoms with Gasteiger partial charge in [0, 0.05) is 12.5 Å². The summed E-state index contributed by atoms with van der Waals surface area (Å²) in [6.07, 6.45) is 5.19. The van der Waals surface area contributed by atoms with Crippen molar-refractivity contribution in [3.63, 3.8) is 0 Å². The van der Waals surface area contributed by atoms with Crippen LogP contribution in [0.3, 0.4) is 0 Å². The van der Waals surface area contributed by atoms with Gasteiger partial charge in [-0.3, -0.25) is 4.79 Å². The number of rotatable bonds is 3. The molecule has 1 saturated carbocycles. The summed E-state index contributed by atoms with van der Waals surface area (Å²) in [7, 11) is 0. The molecule has 3 rings (SSSR count). The van der Waals surface area contributed by atoms with Gasteiger partial charge in [0.15, 0.2) is 0 Å². The quantitative estimate of drug-likeness (QED) is 0.901. The number of hydrogen-bond acceptors (Lipinski definition) is 2. The predicted molar refractivity (Wildman–Crippen MR) is 82.8 cm³/mol. The number of hydrogen-bond donors (Lipinski definition) is 2. The van der Waals surface area contributed by atoms with Gasteiger partial charge in [0.2, 0.25) is 5.91 Å². The van der Waals surface area contributed by atoms with E-state index in [1.165, 1.54) is 6.07 Å². The third-order valence-corrected chi connectivity index (χ3v) is 4.71. The van der Waals surface area contributed by atoms with Gasteiger partial charge >= 0.3 is 0 Å². The minimum atomic E-state index is -0.155. The van der Waals surface area contributed by atoms with Crippen molar-refractivity contribution in [3.05, 3.63) is 35.1 Å². The van der Waals surface area contributed by atoms with E-state index in [9.17, 15) is 9.18 Å². The Kier molecular flexibility index (Phi) is 5.22. The van der Waals surface area contributed by atoms with E-state index in [2.05, 4.69) is 5.32 Å². The number of carbonyl (C=O) groups excluding carboxylic acids is 1. The van der Waals surface area contributed by atoms with Gasteiger partial charge in [-0.15, -0.1) is 12.4 Å². The molecule has 3 atom stereocenters. The summed E-state index contributed by atoms with van der Waals surface area (Å²) in [5.41, 5.74) is 7.70. The number of nitrogens with two attached hydrogens (primary N) is 1. The predicted octanol–water partition coefficient (Wildman–Crippen LogP) is 2.87.